The van der Waals surface area contributed by atoms with Gasteiger partial charge in [0.15, 0.2) is 0 Å². The lowest BCUT2D eigenvalue weighted by molar-refractivity contribution is -0.153. The molecule has 0 aliphatic heterocycles. The largest absolute Gasteiger partial charge is 0.462 e. The molecule has 0 aliphatic carbocycles. The number of esters is 1. The van der Waals surface area contributed by atoms with Crippen LogP contribution in [0.15, 0.2) is 72.9 Å². The van der Waals surface area contributed by atoms with Crippen LogP contribution in [0, 0.1) is 5.92 Å². The van der Waals surface area contributed by atoms with Gasteiger partial charge in [-0.15, -0.1) is 0 Å². The monoisotopic (exact) mass is 918 g/mol. The molecular formula is C63H115NO2. The quantitative estimate of drug-likeness (QED) is 0.0346. The Labute approximate surface area is 414 Å². The van der Waals surface area contributed by atoms with Crippen LogP contribution in [0.25, 0.3) is 0 Å². The molecule has 0 aromatic heterocycles. The van der Waals surface area contributed by atoms with Gasteiger partial charge in [0.1, 0.15) is 6.10 Å². The first-order valence-electron chi connectivity index (χ1n) is 29.3. The van der Waals surface area contributed by atoms with Crippen LogP contribution in [0.5, 0.6) is 0 Å². The summed E-state index contributed by atoms with van der Waals surface area (Å²) >= 11 is 0. The lowest BCUT2D eigenvalue weighted by Crippen LogP contribution is -2.27. The Morgan fingerprint density at radius 2 is 0.667 bits per heavy atom. The van der Waals surface area contributed by atoms with Crippen molar-refractivity contribution in [3.63, 3.8) is 0 Å². The lowest BCUT2D eigenvalue weighted by Gasteiger charge is -2.28. The molecule has 1 atom stereocenters. The second-order valence-electron chi connectivity index (χ2n) is 20.2. The zero-order valence-corrected chi connectivity index (χ0v) is 45.3. The summed E-state index contributed by atoms with van der Waals surface area (Å²) in [5.41, 5.74) is 0. The SMILES string of the molecule is CCCCCC=CCC=CCCCCCCCCC(CCCCCCCCC=CCC=CCCCCC)C(CCCCCCCCC=CCC=CCCCCC)OC(=O)CCCCN(C)C. The predicted molar refractivity (Wildman–Crippen MR) is 298 cm³/mol. The zero-order chi connectivity index (χ0) is 47.9. The summed E-state index contributed by atoms with van der Waals surface area (Å²) in [6, 6.07) is 0. The van der Waals surface area contributed by atoms with Gasteiger partial charge in [-0.1, -0.05) is 222 Å². The van der Waals surface area contributed by atoms with Crippen molar-refractivity contribution in [2.45, 2.75) is 297 Å². The number of hydrogen-bond acceptors (Lipinski definition) is 3. The van der Waals surface area contributed by atoms with E-state index in [0.717, 1.165) is 45.1 Å². The summed E-state index contributed by atoms with van der Waals surface area (Å²) < 4.78 is 6.52. The van der Waals surface area contributed by atoms with Crippen molar-refractivity contribution >= 4 is 5.97 Å². The van der Waals surface area contributed by atoms with E-state index >= 15 is 0 Å². The topological polar surface area (TPSA) is 29.5 Å². The molecule has 0 amide bonds. The molecule has 0 bridgehead atoms. The number of allylic oxidation sites excluding steroid dienone is 12. The van der Waals surface area contributed by atoms with Crippen LogP contribution in [-0.2, 0) is 9.53 Å². The highest BCUT2D eigenvalue weighted by Gasteiger charge is 2.24. The maximum atomic E-state index is 13.4. The first-order chi connectivity index (χ1) is 32.5. The minimum absolute atomic E-state index is 0.0536. The molecule has 0 N–H and O–H groups in total. The highest BCUT2D eigenvalue weighted by molar-refractivity contribution is 5.69. The average molecular weight is 919 g/mol. The van der Waals surface area contributed by atoms with Crippen molar-refractivity contribution < 1.29 is 9.53 Å². The van der Waals surface area contributed by atoms with E-state index < -0.39 is 0 Å². The smallest absolute Gasteiger partial charge is 0.306 e. The first-order valence-corrected chi connectivity index (χ1v) is 29.3. The van der Waals surface area contributed by atoms with Gasteiger partial charge in [-0.05, 0) is 161 Å². The number of ether oxygens (including phenoxy) is 1. The maximum Gasteiger partial charge on any atom is 0.306 e. The Kier molecular flexibility index (Phi) is 53.7. The molecule has 66 heavy (non-hydrogen) atoms. The average Bonchev–Trinajstić information content (AvgIpc) is 3.31. The fourth-order valence-corrected chi connectivity index (χ4v) is 8.96. The summed E-state index contributed by atoms with van der Waals surface area (Å²) in [4.78, 5) is 15.6. The zero-order valence-electron chi connectivity index (χ0n) is 45.3. The number of hydrogen-bond donors (Lipinski definition) is 0. The van der Waals surface area contributed by atoms with E-state index in [1.807, 2.05) is 0 Å². The molecule has 0 saturated heterocycles. The van der Waals surface area contributed by atoms with Crippen molar-refractivity contribution in [3.05, 3.63) is 72.9 Å². The van der Waals surface area contributed by atoms with Gasteiger partial charge in [0, 0.05) is 6.42 Å². The number of carbonyl (C=O) groups is 1. The molecule has 0 aromatic rings. The minimum Gasteiger partial charge on any atom is -0.462 e. The van der Waals surface area contributed by atoms with Gasteiger partial charge in [-0.3, -0.25) is 4.79 Å². The summed E-state index contributed by atoms with van der Waals surface area (Å²) in [6.07, 6.45) is 80.6. The van der Waals surface area contributed by atoms with Crippen LogP contribution in [0.2, 0.25) is 0 Å². The van der Waals surface area contributed by atoms with Crippen LogP contribution < -0.4 is 0 Å². The van der Waals surface area contributed by atoms with E-state index in [1.54, 1.807) is 0 Å². The highest BCUT2D eigenvalue weighted by atomic mass is 16.5. The molecule has 0 heterocycles. The second-order valence-corrected chi connectivity index (χ2v) is 20.2. The van der Waals surface area contributed by atoms with Gasteiger partial charge < -0.3 is 9.64 Å². The fraction of sp³-hybridized carbons (Fsp3) is 0.794. The standard InChI is InChI=1S/C63H115NO2/c1-6-9-12-15-18-21-24-27-30-33-36-39-42-45-48-51-56-61(57-52-49-46-43-40-37-34-31-28-25-22-19-16-13-10-7-2)62(66-63(65)59-54-55-60-64(4)5)58-53-50-47-44-41-38-35-32-29-26-23-20-17-14-11-8-3/h18-23,27-32,61-62H,6-17,24-26,33-60H2,1-5H3. The number of unbranched alkanes of at least 4 members (excludes halogenated alkanes) is 28. The molecule has 0 radical (unpaired) electrons. The molecule has 3 nitrogen and oxygen atoms in total. The van der Waals surface area contributed by atoms with Crippen LogP contribution in [0.1, 0.15) is 290 Å². The lowest BCUT2D eigenvalue weighted by atomic mass is 9.87. The highest BCUT2D eigenvalue weighted by Crippen LogP contribution is 2.28. The maximum absolute atomic E-state index is 13.4. The first kappa shape index (κ1) is 63.9. The van der Waals surface area contributed by atoms with Gasteiger partial charge in [0.25, 0.3) is 0 Å². The van der Waals surface area contributed by atoms with Crippen molar-refractivity contribution in [2.75, 3.05) is 20.6 Å². The Bertz CT molecular complexity index is 1100. The van der Waals surface area contributed by atoms with Gasteiger partial charge >= 0.3 is 5.97 Å². The number of carbonyl (C=O) groups excluding carboxylic acids is 1. The third-order valence-corrected chi connectivity index (χ3v) is 13.3. The van der Waals surface area contributed by atoms with E-state index in [1.165, 1.54) is 225 Å². The van der Waals surface area contributed by atoms with E-state index in [2.05, 4.69) is 113 Å². The Morgan fingerprint density at radius 3 is 1.00 bits per heavy atom. The van der Waals surface area contributed by atoms with E-state index in [9.17, 15) is 4.79 Å². The number of nitrogens with zero attached hydrogens (tertiary/aromatic N) is 1. The second kappa shape index (κ2) is 55.5. The van der Waals surface area contributed by atoms with Gasteiger partial charge in [-0.2, -0.15) is 0 Å². The number of rotatable bonds is 52. The Morgan fingerprint density at radius 1 is 0.364 bits per heavy atom. The fourth-order valence-electron chi connectivity index (χ4n) is 8.96. The van der Waals surface area contributed by atoms with Gasteiger partial charge in [0.2, 0.25) is 0 Å². The van der Waals surface area contributed by atoms with Crippen molar-refractivity contribution in [3.8, 4) is 0 Å². The summed E-state index contributed by atoms with van der Waals surface area (Å²) in [6.45, 7) is 7.85. The third-order valence-electron chi connectivity index (χ3n) is 13.3. The molecular weight excluding hydrogens is 803 g/mol. The van der Waals surface area contributed by atoms with Crippen molar-refractivity contribution in [1.29, 1.82) is 0 Å². The van der Waals surface area contributed by atoms with E-state index in [0.29, 0.717) is 12.3 Å². The summed E-state index contributed by atoms with van der Waals surface area (Å²) in [5.74, 6) is 0.559. The van der Waals surface area contributed by atoms with Crippen LogP contribution >= 0.6 is 0 Å². The van der Waals surface area contributed by atoms with Crippen LogP contribution in [-0.4, -0.2) is 37.6 Å². The third kappa shape index (κ3) is 51.3. The van der Waals surface area contributed by atoms with Crippen LogP contribution in [0.3, 0.4) is 0 Å². The molecule has 0 spiro atoms. The van der Waals surface area contributed by atoms with Crippen molar-refractivity contribution in [2.24, 2.45) is 5.92 Å². The van der Waals surface area contributed by atoms with Crippen LogP contribution in [0.4, 0.5) is 0 Å². The normalized spacial score (nSPS) is 13.4. The van der Waals surface area contributed by atoms with Crippen molar-refractivity contribution in [1.82, 2.24) is 4.90 Å². The molecule has 0 fully saturated rings. The Balaban J connectivity index is 5.03. The minimum atomic E-state index is 0.0536. The molecule has 0 saturated carbocycles. The molecule has 0 aromatic carbocycles. The molecule has 1 unspecified atom stereocenters. The van der Waals surface area contributed by atoms with Gasteiger partial charge in [0.05, 0.1) is 0 Å². The molecule has 0 aliphatic rings. The Hall–Kier alpha value is -2.13. The molecule has 0 rings (SSSR count). The van der Waals surface area contributed by atoms with E-state index in [-0.39, 0.29) is 12.1 Å². The summed E-state index contributed by atoms with van der Waals surface area (Å²) in [7, 11) is 4.24. The van der Waals surface area contributed by atoms with Gasteiger partial charge in [-0.25, -0.2) is 0 Å². The molecule has 3 heteroatoms. The van der Waals surface area contributed by atoms with E-state index in [4.69, 9.17) is 4.74 Å². The predicted octanol–water partition coefficient (Wildman–Crippen LogP) is 20.9. The summed E-state index contributed by atoms with van der Waals surface area (Å²) in [5, 5.41) is 0. The molecule has 384 valence electrons.